The van der Waals surface area contributed by atoms with Crippen LogP contribution >= 0.6 is 22.7 Å². The monoisotopic (exact) mass is 761 g/mol. The van der Waals surface area contributed by atoms with Crippen LogP contribution in [0.1, 0.15) is 0 Å². The quantitative estimate of drug-likeness (QED) is 0.156. The fourth-order valence-corrected chi connectivity index (χ4v) is 10.9. The van der Waals surface area contributed by atoms with Crippen LogP contribution in [0.5, 0.6) is 0 Å². The first kappa shape index (κ1) is 33.5. The van der Waals surface area contributed by atoms with Gasteiger partial charge in [-0.05, 0) is 81.4 Å². The Bertz CT molecular complexity index is 3230. The Balaban J connectivity index is 1.14. The van der Waals surface area contributed by atoms with E-state index in [9.17, 15) is 0 Å². The maximum atomic E-state index is 2.47. The molecule has 0 saturated heterocycles. The van der Waals surface area contributed by atoms with Gasteiger partial charge in [-0.3, -0.25) is 0 Å². The van der Waals surface area contributed by atoms with Crippen molar-refractivity contribution >= 4 is 80.1 Å². The van der Waals surface area contributed by atoms with E-state index in [0.29, 0.717) is 0 Å². The van der Waals surface area contributed by atoms with Gasteiger partial charge in [0, 0.05) is 52.6 Å². The van der Waals surface area contributed by atoms with Crippen LogP contribution in [-0.4, -0.2) is 0 Å². The summed E-state index contributed by atoms with van der Waals surface area (Å²) in [6.45, 7) is 0. The molecule has 9 aromatic carbocycles. The number of hydrogen-bond donors (Lipinski definition) is 0. The highest BCUT2D eigenvalue weighted by molar-refractivity contribution is 7.26. The maximum Gasteiger partial charge on any atom is 0.0640 e. The molecule has 0 spiro atoms. The third-order valence-corrected chi connectivity index (χ3v) is 13.5. The third-order valence-electron chi connectivity index (χ3n) is 11.1. The van der Waals surface area contributed by atoms with Crippen molar-refractivity contribution in [2.24, 2.45) is 0 Å². The lowest BCUT2D eigenvalue weighted by Crippen LogP contribution is -2.10. The summed E-state index contributed by atoms with van der Waals surface area (Å²) < 4.78 is 5.19. The summed E-state index contributed by atoms with van der Waals surface area (Å²) in [6, 6.07) is 77.6. The van der Waals surface area contributed by atoms with Crippen LogP contribution in [0.3, 0.4) is 0 Å². The third kappa shape index (κ3) is 5.83. The van der Waals surface area contributed by atoms with Crippen LogP contribution in [0.25, 0.3) is 84.9 Å². The van der Waals surface area contributed by atoms with E-state index in [1.165, 1.54) is 90.5 Å². The second-order valence-electron chi connectivity index (χ2n) is 14.4. The second-order valence-corrected chi connectivity index (χ2v) is 16.5. The molecule has 0 bridgehead atoms. The second kappa shape index (κ2) is 14.1. The number of anilines is 3. The standard InChI is InChI=1S/C54H35NS2/c1-3-15-36(16-4-1)41-19-7-8-20-42(41)38-29-31-39(32-30-38)55(50-26-14-25-47-45-22-10-12-28-52(45)57-54(47)50)40-33-34-43(37-17-5-2-6-18-37)49(35-40)48-24-13-23-46-44-21-9-11-27-51(44)56-53(46)48/h1-35H. The number of hydrogen-bond acceptors (Lipinski definition) is 3. The zero-order valence-electron chi connectivity index (χ0n) is 31.0. The van der Waals surface area contributed by atoms with Crippen LogP contribution < -0.4 is 4.90 Å². The zero-order chi connectivity index (χ0) is 37.7. The normalized spacial score (nSPS) is 11.5. The average Bonchev–Trinajstić information content (AvgIpc) is 3.87. The van der Waals surface area contributed by atoms with Gasteiger partial charge in [0.15, 0.2) is 0 Å². The molecule has 2 aromatic heterocycles. The molecule has 57 heavy (non-hydrogen) atoms. The van der Waals surface area contributed by atoms with Crippen molar-refractivity contribution in [1.82, 2.24) is 0 Å². The minimum Gasteiger partial charge on any atom is -0.309 e. The van der Waals surface area contributed by atoms with Crippen molar-refractivity contribution in [3.05, 3.63) is 212 Å². The highest BCUT2D eigenvalue weighted by atomic mass is 32.1. The van der Waals surface area contributed by atoms with E-state index >= 15 is 0 Å². The largest absolute Gasteiger partial charge is 0.309 e. The molecule has 0 amide bonds. The number of rotatable bonds is 7. The van der Waals surface area contributed by atoms with Crippen LogP contribution in [0.4, 0.5) is 17.1 Å². The summed E-state index contributed by atoms with van der Waals surface area (Å²) in [4.78, 5) is 2.47. The molecular formula is C54H35NS2. The smallest absolute Gasteiger partial charge is 0.0640 e. The summed E-state index contributed by atoms with van der Waals surface area (Å²) in [5.74, 6) is 0. The Morgan fingerprint density at radius 2 is 0.737 bits per heavy atom. The molecule has 0 aliphatic carbocycles. The van der Waals surface area contributed by atoms with Crippen molar-refractivity contribution in [1.29, 1.82) is 0 Å². The van der Waals surface area contributed by atoms with E-state index in [1.807, 2.05) is 22.7 Å². The van der Waals surface area contributed by atoms with Gasteiger partial charge in [-0.15, -0.1) is 22.7 Å². The number of fused-ring (bicyclic) bond motifs is 6. The predicted molar refractivity (Wildman–Crippen MR) is 249 cm³/mol. The number of benzene rings is 9. The summed E-state index contributed by atoms with van der Waals surface area (Å²) in [5, 5.41) is 5.19. The van der Waals surface area contributed by atoms with Gasteiger partial charge in [-0.25, -0.2) is 0 Å². The molecule has 1 nitrogen and oxygen atoms in total. The van der Waals surface area contributed by atoms with Crippen molar-refractivity contribution in [3.8, 4) is 44.5 Å². The molecule has 0 unspecified atom stereocenters. The van der Waals surface area contributed by atoms with Crippen molar-refractivity contribution in [3.63, 3.8) is 0 Å². The van der Waals surface area contributed by atoms with Gasteiger partial charge in [0.1, 0.15) is 0 Å². The van der Waals surface area contributed by atoms with Crippen LogP contribution in [0.2, 0.25) is 0 Å². The fourth-order valence-electron chi connectivity index (χ4n) is 8.45. The van der Waals surface area contributed by atoms with Crippen molar-refractivity contribution < 1.29 is 0 Å². The Labute approximate surface area is 340 Å². The summed E-state index contributed by atoms with van der Waals surface area (Å²) in [7, 11) is 0. The van der Waals surface area contributed by atoms with E-state index in [-0.39, 0.29) is 0 Å². The first-order valence-corrected chi connectivity index (χ1v) is 21.0. The average molecular weight is 762 g/mol. The van der Waals surface area contributed by atoms with Gasteiger partial charge >= 0.3 is 0 Å². The highest BCUT2D eigenvalue weighted by Crippen LogP contribution is 2.48. The molecule has 11 aromatic rings. The first-order valence-electron chi connectivity index (χ1n) is 19.3. The maximum absolute atomic E-state index is 2.47. The molecule has 0 atom stereocenters. The minimum atomic E-state index is 1.11. The molecule has 3 heteroatoms. The lowest BCUT2D eigenvalue weighted by atomic mass is 9.92. The first-order chi connectivity index (χ1) is 28.3. The van der Waals surface area contributed by atoms with Gasteiger partial charge in [0.2, 0.25) is 0 Å². The Morgan fingerprint density at radius 1 is 0.281 bits per heavy atom. The SMILES string of the molecule is c1ccc(-c2ccccc2-c2ccc(N(c3ccc(-c4ccccc4)c(-c4cccc5c4sc4ccccc45)c3)c3cccc4c3sc3ccccc34)cc2)cc1. The highest BCUT2D eigenvalue weighted by Gasteiger charge is 2.22. The fraction of sp³-hybridized carbons (Fsp3) is 0. The molecule has 0 aliphatic rings. The van der Waals surface area contributed by atoms with Crippen molar-refractivity contribution in [2.45, 2.75) is 0 Å². The zero-order valence-corrected chi connectivity index (χ0v) is 32.6. The van der Waals surface area contributed by atoms with Gasteiger partial charge in [0.25, 0.3) is 0 Å². The lowest BCUT2D eigenvalue weighted by molar-refractivity contribution is 1.30. The van der Waals surface area contributed by atoms with Crippen LogP contribution in [0.15, 0.2) is 212 Å². The summed E-state index contributed by atoms with van der Waals surface area (Å²) in [5.41, 5.74) is 13.2. The molecule has 268 valence electrons. The predicted octanol–water partition coefficient (Wildman–Crippen LogP) is 16.6. The molecule has 0 saturated carbocycles. The van der Waals surface area contributed by atoms with E-state index in [4.69, 9.17) is 0 Å². The lowest BCUT2D eigenvalue weighted by Gasteiger charge is -2.27. The molecule has 0 radical (unpaired) electrons. The Hall–Kier alpha value is -6.78. The van der Waals surface area contributed by atoms with Gasteiger partial charge in [0.05, 0.1) is 10.4 Å². The minimum absolute atomic E-state index is 1.11. The van der Waals surface area contributed by atoms with E-state index in [1.54, 1.807) is 0 Å². The topological polar surface area (TPSA) is 3.24 Å². The molecule has 11 rings (SSSR count). The van der Waals surface area contributed by atoms with Crippen LogP contribution in [0, 0.1) is 0 Å². The van der Waals surface area contributed by atoms with E-state index in [2.05, 4.69) is 217 Å². The van der Waals surface area contributed by atoms with E-state index < -0.39 is 0 Å². The van der Waals surface area contributed by atoms with E-state index in [0.717, 1.165) is 11.4 Å². The van der Waals surface area contributed by atoms with Gasteiger partial charge in [-0.1, -0.05) is 170 Å². The Morgan fingerprint density at radius 3 is 1.39 bits per heavy atom. The number of thiophene rings is 2. The summed E-state index contributed by atoms with van der Waals surface area (Å²) in [6.07, 6.45) is 0. The molecule has 0 N–H and O–H groups in total. The summed E-state index contributed by atoms with van der Waals surface area (Å²) >= 11 is 3.76. The van der Waals surface area contributed by atoms with Gasteiger partial charge in [-0.2, -0.15) is 0 Å². The van der Waals surface area contributed by atoms with Crippen molar-refractivity contribution in [2.75, 3.05) is 4.90 Å². The Kier molecular flexibility index (Phi) is 8.28. The number of nitrogens with zero attached hydrogens (tertiary/aromatic N) is 1. The van der Waals surface area contributed by atoms with Gasteiger partial charge < -0.3 is 4.90 Å². The molecule has 0 aliphatic heterocycles. The molecule has 2 heterocycles. The van der Waals surface area contributed by atoms with Crippen LogP contribution in [-0.2, 0) is 0 Å². The molecular weight excluding hydrogens is 727 g/mol. The molecule has 0 fully saturated rings.